The van der Waals surface area contributed by atoms with E-state index in [0.717, 1.165) is 44.2 Å². The van der Waals surface area contributed by atoms with Gasteiger partial charge < -0.3 is 14.4 Å². The number of aromatic hydroxyl groups is 1. The van der Waals surface area contributed by atoms with Crippen LogP contribution < -0.4 is 0 Å². The zero-order valence-corrected chi connectivity index (χ0v) is 23.5. The summed E-state index contributed by atoms with van der Waals surface area (Å²) in [5.41, 5.74) is 2.53. The second-order valence-corrected chi connectivity index (χ2v) is 17.2. The molecular formula is C26H41Cl2NO3Si. The molecule has 186 valence electrons. The van der Waals surface area contributed by atoms with Crippen LogP contribution in [0.25, 0.3) is 0 Å². The molecule has 0 aromatic heterocycles. The van der Waals surface area contributed by atoms with Crippen LogP contribution in [0.4, 0.5) is 0 Å². The van der Waals surface area contributed by atoms with E-state index in [1.165, 1.54) is 12.1 Å². The maximum absolute atomic E-state index is 13.2. The molecule has 3 rings (SSSR count). The number of rotatable bonds is 8. The lowest BCUT2D eigenvalue weighted by atomic mass is 9.92. The van der Waals surface area contributed by atoms with Crippen molar-refractivity contribution in [2.75, 3.05) is 6.54 Å². The lowest BCUT2D eigenvalue weighted by Crippen LogP contribution is -2.51. The number of halogens is 2. The number of benzene rings is 1. The van der Waals surface area contributed by atoms with Gasteiger partial charge in [0.25, 0.3) is 0 Å². The highest BCUT2D eigenvalue weighted by molar-refractivity contribution is 6.77. The molecule has 1 aromatic carbocycles. The Bertz CT molecular complexity index is 792. The molecule has 7 heteroatoms. The van der Waals surface area contributed by atoms with Crippen LogP contribution >= 0.6 is 23.2 Å². The highest BCUT2D eigenvalue weighted by Gasteiger charge is 2.47. The maximum atomic E-state index is 13.2. The van der Waals surface area contributed by atoms with Gasteiger partial charge in [0.05, 0.1) is 0 Å². The molecule has 0 bridgehead atoms. The Hall–Kier alpha value is -0.753. The summed E-state index contributed by atoms with van der Waals surface area (Å²) in [6.07, 6.45) is 5.78. The van der Waals surface area contributed by atoms with Gasteiger partial charge in [0.15, 0.2) is 0 Å². The molecule has 1 saturated carbocycles. The Balaban J connectivity index is 1.60. The molecule has 0 radical (unpaired) electrons. The van der Waals surface area contributed by atoms with Gasteiger partial charge in [-0.25, -0.2) is 0 Å². The van der Waals surface area contributed by atoms with Crippen LogP contribution in [0.2, 0.25) is 26.7 Å². The average molecular weight is 515 g/mol. The summed E-state index contributed by atoms with van der Waals surface area (Å²) in [6.45, 7) is 14.8. The van der Waals surface area contributed by atoms with E-state index in [2.05, 4.69) is 46.4 Å². The Morgan fingerprint density at radius 1 is 0.970 bits per heavy atom. The van der Waals surface area contributed by atoms with Crippen LogP contribution in [0.5, 0.6) is 5.75 Å². The van der Waals surface area contributed by atoms with E-state index < -0.39 is 8.32 Å². The van der Waals surface area contributed by atoms with Crippen LogP contribution in [0.3, 0.4) is 0 Å². The Labute approximate surface area is 211 Å². The molecule has 4 nitrogen and oxygen atoms in total. The number of carbonyl (C=O) groups excluding carboxylic acids is 1. The van der Waals surface area contributed by atoms with E-state index in [1.54, 1.807) is 0 Å². The minimum Gasteiger partial charge on any atom is -0.508 e. The summed E-state index contributed by atoms with van der Waals surface area (Å²) in [7, 11) is -1.87. The second kappa shape index (κ2) is 10.9. The third-order valence-corrected chi connectivity index (χ3v) is 14.9. The van der Waals surface area contributed by atoms with Crippen molar-refractivity contribution in [2.24, 2.45) is 5.92 Å². The Morgan fingerprint density at radius 3 is 1.97 bits per heavy atom. The Morgan fingerprint density at radius 2 is 1.48 bits per heavy atom. The van der Waals surface area contributed by atoms with Gasteiger partial charge in [0.2, 0.25) is 14.2 Å². The van der Waals surface area contributed by atoms with E-state index in [4.69, 9.17) is 27.6 Å². The lowest BCUT2D eigenvalue weighted by Gasteiger charge is -2.46. The molecule has 1 amide bonds. The van der Waals surface area contributed by atoms with E-state index in [1.807, 2.05) is 0 Å². The summed E-state index contributed by atoms with van der Waals surface area (Å²) >= 11 is 12.6. The average Bonchev–Trinajstić information content (AvgIpc) is 3.08. The molecule has 1 saturated heterocycles. The minimum atomic E-state index is -1.87. The normalized spacial score (nSPS) is 24.5. The van der Waals surface area contributed by atoms with Gasteiger partial charge in [-0.3, -0.25) is 4.79 Å². The van der Waals surface area contributed by atoms with Crippen molar-refractivity contribution in [3.63, 3.8) is 0 Å². The summed E-state index contributed by atoms with van der Waals surface area (Å²) < 4.78 is 7.02. The molecule has 33 heavy (non-hydrogen) atoms. The van der Waals surface area contributed by atoms with Crippen molar-refractivity contribution in [2.45, 2.75) is 109 Å². The number of hydrogen-bond donors (Lipinski definition) is 1. The number of hydrogen-bond acceptors (Lipinski definition) is 3. The fraction of sp³-hybridized carbons (Fsp3) is 0.731. The van der Waals surface area contributed by atoms with E-state index in [9.17, 15) is 9.90 Å². The van der Waals surface area contributed by atoms with Gasteiger partial charge in [-0.15, -0.1) is 0 Å². The number of phenolic OH excluding ortho intramolecular Hbond substituents is 1. The number of amides is 1. The van der Waals surface area contributed by atoms with E-state index in [0.29, 0.717) is 45.2 Å². The van der Waals surface area contributed by atoms with Gasteiger partial charge >= 0.3 is 0 Å². The second-order valence-electron chi connectivity index (χ2n) is 11.0. The monoisotopic (exact) mass is 513 g/mol. The molecule has 1 heterocycles. The smallest absolute Gasteiger partial charge is 0.226 e. The quantitative estimate of drug-likeness (QED) is 0.364. The molecular weight excluding hydrogens is 473 g/mol. The molecule has 1 aliphatic heterocycles. The molecule has 2 fully saturated rings. The van der Waals surface area contributed by atoms with Crippen molar-refractivity contribution in [3.8, 4) is 5.75 Å². The number of likely N-dealkylation sites (tertiary alicyclic amines) is 1. The summed E-state index contributed by atoms with van der Waals surface area (Å²) in [5, 5.41) is 10.5. The first-order valence-electron chi connectivity index (χ1n) is 12.6. The highest BCUT2D eigenvalue weighted by atomic mass is 35.5. The van der Waals surface area contributed by atoms with Crippen molar-refractivity contribution < 1.29 is 14.3 Å². The van der Waals surface area contributed by atoms with E-state index >= 15 is 0 Å². The van der Waals surface area contributed by atoms with Gasteiger partial charge in [-0.2, -0.15) is 0 Å². The third kappa shape index (κ3) is 5.57. The van der Waals surface area contributed by atoms with Gasteiger partial charge in [0.1, 0.15) is 5.75 Å². The van der Waals surface area contributed by atoms with Crippen molar-refractivity contribution >= 4 is 37.4 Å². The molecule has 1 aliphatic carbocycles. The minimum absolute atomic E-state index is 0.0478. The fourth-order valence-corrected chi connectivity index (χ4v) is 12.8. The SMILES string of the molecule is CC(C)[Si](OC1CCC(N2CC[C@@H](Cc3c(Cl)cc(O)cc3Cl)C2=O)CC1)(C(C)C)C(C)C. The standard InChI is InChI=1S/C26H41Cl2NO3Si/c1-16(2)33(17(3)4,18(5)6)32-22-9-7-20(8-10-22)29-12-11-19(26(29)31)13-23-24(27)14-21(30)15-25(23)28/h14-20,22,30H,7-13H2,1-6H3/t19-,20?,22?/m0/s1. The first-order valence-corrected chi connectivity index (χ1v) is 15.5. The number of nitrogens with zero attached hydrogens (tertiary/aromatic N) is 1. The summed E-state index contributed by atoms with van der Waals surface area (Å²) in [5.74, 6) is 0.169. The molecule has 2 aliphatic rings. The van der Waals surface area contributed by atoms with Crippen molar-refractivity contribution in [1.82, 2.24) is 4.90 Å². The number of carbonyl (C=O) groups is 1. The molecule has 0 unspecified atom stereocenters. The molecule has 0 spiro atoms. The zero-order chi connectivity index (χ0) is 24.5. The van der Waals surface area contributed by atoms with Crippen LogP contribution in [-0.2, 0) is 15.6 Å². The van der Waals surface area contributed by atoms with Gasteiger partial charge in [-0.05, 0) is 72.8 Å². The Kier molecular flexibility index (Phi) is 8.85. The van der Waals surface area contributed by atoms with Crippen LogP contribution in [-0.4, -0.2) is 42.9 Å². The summed E-state index contributed by atoms with van der Waals surface area (Å²) in [6, 6.07) is 3.30. The van der Waals surface area contributed by atoms with Crippen LogP contribution in [0, 0.1) is 5.92 Å². The van der Waals surface area contributed by atoms with Crippen LogP contribution in [0.1, 0.15) is 79.2 Å². The predicted octanol–water partition coefficient (Wildman–Crippen LogP) is 7.59. The molecule has 1 atom stereocenters. The summed E-state index contributed by atoms with van der Waals surface area (Å²) in [4.78, 5) is 15.3. The van der Waals surface area contributed by atoms with Gasteiger partial charge in [0, 0.05) is 34.7 Å². The third-order valence-electron chi connectivity index (χ3n) is 8.09. The molecule has 1 N–H and O–H groups in total. The maximum Gasteiger partial charge on any atom is 0.226 e. The predicted molar refractivity (Wildman–Crippen MR) is 140 cm³/mol. The fourth-order valence-electron chi connectivity index (χ4n) is 6.52. The first kappa shape index (κ1) is 26.8. The topological polar surface area (TPSA) is 49.8 Å². The molecule has 1 aromatic rings. The highest BCUT2D eigenvalue weighted by Crippen LogP contribution is 2.45. The number of phenols is 1. The largest absolute Gasteiger partial charge is 0.508 e. The first-order chi connectivity index (χ1) is 15.5. The van der Waals surface area contributed by atoms with E-state index in [-0.39, 0.29) is 17.6 Å². The van der Waals surface area contributed by atoms with Crippen LogP contribution in [0.15, 0.2) is 12.1 Å². The lowest BCUT2D eigenvalue weighted by molar-refractivity contribution is -0.133. The zero-order valence-electron chi connectivity index (χ0n) is 21.0. The van der Waals surface area contributed by atoms with Crippen molar-refractivity contribution in [3.05, 3.63) is 27.7 Å². The van der Waals surface area contributed by atoms with Crippen molar-refractivity contribution in [1.29, 1.82) is 0 Å². The van der Waals surface area contributed by atoms with Gasteiger partial charge in [-0.1, -0.05) is 64.7 Å².